The third-order valence-corrected chi connectivity index (χ3v) is 17.4. The van der Waals surface area contributed by atoms with Crippen molar-refractivity contribution in [2.75, 3.05) is 11.5 Å². The van der Waals surface area contributed by atoms with Crippen LogP contribution in [0.4, 0.5) is 0 Å². The van der Waals surface area contributed by atoms with Crippen molar-refractivity contribution in [3.8, 4) is 22.6 Å². The van der Waals surface area contributed by atoms with Gasteiger partial charge in [-0.25, -0.2) is 0 Å². The predicted molar refractivity (Wildman–Crippen MR) is 208 cm³/mol. The molecule has 4 aliphatic rings. The van der Waals surface area contributed by atoms with Gasteiger partial charge in [-0.1, -0.05) is 76.2 Å². The molecule has 0 unspecified atom stereocenters. The molecule has 4 atom stereocenters. The molecule has 8 rings (SSSR count). The Bertz CT molecular complexity index is 2290. The second-order valence-corrected chi connectivity index (χ2v) is 21.3. The number of carbonyl (C=O) groups is 2. The van der Waals surface area contributed by atoms with E-state index in [0.717, 1.165) is 23.6 Å². The summed E-state index contributed by atoms with van der Waals surface area (Å²) in [6.45, 7) is 7.91. The first-order chi connectivity index (χ1) is 24.3. The zero-order valence-electron chi connectivity index (χ0n) is 29.4. The van der Waals surface area contributed by atoms with Gasteiger partial charge < -0.3 is 8.37 Å². The van der Waals surface area contributed by atoms with Crippen LogP contribution in [0.1, 0.15) is 66.2 Å². The number of Topliss-reactive ketones (excluding diaryl/α,β-unsaturated/α-hetero) is 2. The summed E-state index contributed by atoms with van der Waals surface area (Å²) >= 11 is 7.21. The summed E-state index contributed by atoms with van der Waals surface area (Å²) in [5, 5.41) is 2.68. The van der Waals surface area contributed by atoms with E-state index in [1.807, 2.05) is 76.2 Å². The molecule has 0 amide bonds. The second-order valence-electron chi connectivity index (χ2n) is 16.5. The van der Waals surface area contributed by atoms with Crippen molar-refractivity contribution in [1.82, 2.24) is 0 Å². The van der Waals surface area contributed by atoms with Crippen molar-refractivity contribution < 1.29 is 34.8 Å². The van der Waals surface area contributed by atoms with Crippen LogP contribution in [0.15, 0.2) is 69.6 Å². The number of carbonyl (C=O) groups excluding carboxylic acids is 2. The Labute approximate surface area is 321 Å². The summed E-state index contributed by atoms with van der Waals surface area (Å²) in [7, 11) is -8.80. The lowest BCUT2D eigenvalue weighted by molar-refractivity contribution is -0.128. The van der Waals surface area contributed by atoms with Gasteiger partial charge in [-0.3, -0.25) is 9.59 Å². The molecular weight excluding hydrogens is 832 g/mol. The van der Waals surface area contributed by atoms with Crippen LogP contribution in [0.5, 0.6) is 11.5 Å². The monoisotopic (exact) mass is 870 g/mol. The molecule has 8 nitrogen and oxygen atoms in total. The molecule has 4 saturated carbocycles. The first kappa shape index (κ1) is 36.2. The van der Waals surface area contributed by atoms with E-state index in [9.17, 15) is 26.4 Å². The highest BCUT2D eigenvalue weighted by atomic mass is 79.9. The Morgan fingerprint density at radius 2 is 1.00 bits per heavy atom. The first-order valence-corrected chi connectivity index (χ1v) is 22.4. The molecule has 4 aromatic carbocycles. The summed E-state index contributed by atoms with van der Waals surface area (Å²) in [5.41, 5.74) is -2.51. The Morgan fingerprint density at radius 1 is 0.635 bits per heavy atom. The summed E-state index contributed by atoms with van der Waals surface area (Å²) in [6.07, 6.45) is 3.23. The number of fused-ring (bicyclic) bond motifs is 6. The molecule has 0 heterocycles. The van der Waals surface area contributed by atoms with Gasteiger partial charge in [0, 0.05) is 24.0 Å². The fourth-order valence-electron chi connectivity index (χ4n) is 10.4. The van der Waals surface area contributed by atoms with Gasteiger partial charge in [-0.05, 0) is 114 Å². The first-order valence-electron chi connectivity index (χ1n) is 17.7. The Hall–Kier alpha value is -2.80. The quantitative estimate of drug-likeness (QED) is 0.153. The van der Waals surface area contributed by atoms with E-state index < -0.39 is 53.4 Å². The Balaban J connectivity index is 1.31. The number of rotatable bonds is 9. The number of ketones is 2. The van der Waals surface area contributed by atoms with E-state index in [4.69, 9.17) is 8.37 Å². The van der Waals surface area contributed by atoms with Crippen molar-refractivity contribution in [1.29, 1.82) is 0 Å². The number of halogens is 2. The van der Waals surface area contributed by atoms with Crippen molar-refractivity contribution in [3.05, 3.63) is 69.6 Å². The molecule has 0 radical (unpaired) electrons. The molecule has 0 spiro atoms. The third-order valence-electron chi connectivity index (χ3n) is 13.7. The van der Waals surface area contributed by atoms with Gasteiger partial charge in [0.25, 0.3) is 0 Å². The van der Waals surface area contributed by atoms with Crippen molar-refractivity contribution in [3.63, 3.8) is 0 Å². The highest BCUT2D eigenvalue weighted by Crippen LogP contribution is 2.66. The average molecular weight is 873 g/mol. The van der Waals surface area contributed by atoms with E-state index in [0.29, 0.717) is 56.5 Å². The predicted octanol–water partition coefficient (Wildman–Crippen LogP) is 9.39. The van der Waals surface area contributed by atoms with E-state index >= 15 is 0 Å². The molecule has 4 aromatic rings. The molecule has 52 heavy (non-hydrogen) atoms. The van der Waals surface area contributed by atoms with E-state index in [1.54, 1.807) is 12.1 Å². The number of hydrogen-bond donors (Lipinski definition) is 0. The van der Waals surface area contributed by atoms with Gasteiger partial charge >= 0.3 is 20.2 Å². The zero-order valence-corrected chi connectivity index (χ0v) is 34.2. The normalized spacial score (nSPS) is 27.6. The standard InChI is InChI=1S/C40H40Br2O8S2/c1-37(2)25-13-15-39(37,31(43)19-25)21-51(45,46)49-35-29(41)17-23-9-5-7-11-27(23)33(35)34-28-12-8-6-10-24(28)18-30(42)36(34)50-52(47,48)22-40-16-14-26(20-32(40)44)38(40,3)4/h5-12,17-18,25-26H,13-16,19-22H2,1-4H3/t25-,26-,39-,40-/m1/s1. The average Bonchev–Trinajstić information content (AvgIpc) is 3.59. The van der Waals surface area contributed by atoms with Crippen LogP contribution in [0.25, 0.3) is 32.7 Å². The van der Waals surface area contributed by atoms with Gasteiger partial charge in [0.2, 0.25) is 0 Å². The molecule has 0 aliphatic heterocycles. The van der Waals surface area contributed by atoms with Crippen LogP contribution in [0, 0.1) is 33.5 Å². The van der Waals surface area contributed by atoms with Gasteiger partial charge in [-0.15, -0.1) is 0 Å². The highest BCUT2D eigenvalue weighted by molar-refractivity contribution is 9.11. The SMILES string of the molecule is CC1(C)[C@@H]2CC[C@@]1(CS(=O)(=O)Oc1c(Br)cc3ccccc3c1-c1c(OS(=O)(=O)C[C@]34CC[C@H](CC3=O)C4(C)C)c(Br)cc3ccccc13)C(=O)C2. The summed E-state index contributed by atoms with van der Waals surface area (Å²) in [6, 6.07) is 18.3. The van der Waals surface area contributed by atoms with E-state index in [-0.39, 0.29) is 34.9 Å². The highest BCUT2D eigenvalue weighted by Gasteiger charge is 2.67. The summed E-state index contributed by atoms with van der Waals surface area (Å²) in [4.78, 5) is 26.8. The Kier molecular flexibility index (Phi) is 8.25. The van der Waals surface area contributed by atoms with Crippen molar-refractivity contribution in [2.24, 2.45) is 33.5 Å². The minimum absolute atomic E-state index is 0.0391. The summed E-state index contributed by atoms with van der Waals surface area (Å²) < 4.78 is 70.1. The molecule has 4 fully saturated rings. The van der Waals surface area contributed by atoms with E-state index in [2.05, 4.69) is 31.9 Å². The molecule has 0 N–H and O–H groups in total. The van der Waals surface area contributed by atoms with E-state index in [1.165, 1.54) is 0 Å². The Morgan fingerprint density at radius 3 is 1.33 bits per heavy atom. The smallest absolute Gasteiger partial charge is 0.310 e. The van der Waals surface area contributed by atoms with Gasteiger partial charge in [0.15, 0.2) is 11.5 Å². The van der Waals surface area contributed by atoms with Gasteiger partial charge in [-0.2, -0.15) is 16.8 Å². The lowest BCUT2D eigenvalue weighted by Gasteiger charge is -2.36. The minimum Gasteiger partial charge on any atom is -0.380 e. The number of benzene rings is 4. The van der Waals surface area contributed by atoms with Crippen LogP contribution in [-0.4, -0.2) is 39.9 Å². The molecule has 4 bridgehead atoms. The molecule has 274 valence electrons. The minimum atomic E-state index is -4.40. The van der Waals surface area contributed by atoms with Crippen LogP contribution < -0.4 is 8.37 Å². The summed E-state index contributed by atoms with van der Waals surface area (Å²) in [5.74, 6) is -0.870. The van der Waals surface area contributed by atoms with Crippen LogP contribution in [0.3, 0.4) is 0 Å². The van der Waals surface area contributed by atoms with Crippen LogP contribution >= 0.6 is 31.9 Å². The number of hydrogen-bond acceptors (Lipinski definition) is 8. The second kappa shape index (κ2) is 11.8. The van der Waals surface area contributed by atoms with Crippen LogP contribution in [0.2, 0.25) is 0 Å². The molecule has 0 aromatic heterocycles. The molecule has 4 aliphatic carbocycles. The lowest BCUT2D eigenvalue weighted by Crippen LogP contribution is -2.43. The van der Waals surface area contributed by atoms with Crippen LogP contribution in [-0.2, 0) is 29.8 Å². The maximum absolute atomic E-state index is 14.3. The van der Waals surface area contributed by atoms with Gasteiger partial charge in [0.05, 0.1) is 31.3 Å². The van der Waals surface area contributed by atoms with Crippen molar-refractivity contribution >= 4 is 85.2 Å². The fourth-order valence-corrected chi connectivity index (χ4v) is 15.2. The van der Waals surface area contributed by atoms with Crippen molar-refractivity contribution in [2.45, 2.75) is 66.2 Å². The largest absolute Gasteiger partial charge is 0.380 e. The zero-order chi connectivity index (χ0) is 37.2. The lowest BCUT2D eigenvalue weighted by atomic mass is 9.70. The van der Waals surface area contributed by atoms with Gasteiger partial charge in [0.1, 0.15) is 11.6 Å². The maximum Gasteiger partial charge on any atom is 0.310 e. The topological polar surface area (TPSA) is 121 Å². The third kappa shape index (κ3) is 5.20. The fraction of sp³-hybridized carbons (Fsp3) is 0.450. The maximum atomic E-state index is 14.3. The molecular formula is C40H40Br2O8S2. The molecule has 0 saturated heterocycles. The molecule has 12 heteroatoms.